The van der Waals surface area contributed by atoms with E-state index >= 15 is 0 Å². The molecule has 1 N–H and O–H groups in total. The van der Waals surface area contributed by atoms with Gasteiger partial charge in [-0.1, -0.05) is 6.07 Å². The van der Waals surface area contributed by atoms with E-state index in [0.29, 0.717) is 23.8 Å². The number of methoxy groups -OCH3 is 1. The van der Waals surface area contributed by atoms with Gasteiger partial charge >= 0.3 is 5.97 Å². The number of benzene rings is 2. The number of nitrogens with zero attached hydrogens (tertiary/aromatic N) is 2. The molecule has 0 aliphatic carbocycles. The normalized spacial score (nSPS) is 10.7. The Bertz CT molecular complexity index is 938. The summed E-state index contributed by atoms with van der Waals surface area (Å²) in [5.74, 6) is 0.249. The zero-order chi connectivity index (χ0) is 19.1. The zero-order valence-corrected chi connectivity index (χ0v) is 14.7. The summed E-state index contributed by atoms with van der Waals surface area (Å²) >= 11 is 0. The van der Waals surface area contributed by atoms with Gasteiger partial charge < -0.3 is 14.6 Å². The Balaban J connectivity index is 1.70. The van der Waals surface area contributed by atoms with Crippen LogP contribution in [0.5, 0.6) is 11.5 Å². The number of hydrogen-bond donors (Lipinski definition) is 1. The second-order valence-electron chi connectivity index (χ2n) is 5.63. The summed E-state index contributed by atoms with van der Waals surface area (Å²) in [4.78, 5) is 19.4. The standard InChI is InChI=1S/C21H18N2O4/c1-26-20-12-15(13-23-17-8-6-16(7-9-17)21(24)25)5-10-19(20)27-14-18-4-2-3-11-22-18/h2-13H,14H2,1H3,(H,24,25)/b23-13+. The minimum absolute atomic E-state index is 0.227. The third-order valence-corrected chi connectivity index (χ3v) is 3.77. The number of pyridine rings is 1. The molecular formula is C21H18N2O4. The maximum Gasteiger partial charge on any atom is 0.335 e. The SMILES string of the molecule is COc1cc(/C=N/c2ccc(C(=O)O)cc2)ccc1OCc1ccccn1. The van der Waals surface area contributed by atoms with E-state index in [1.807, 2.05) is 36.4 Å². The Hall–Kier alpha value is -3.67. The number of carbonyl (C=O) groups is 1. The number of aromatic carboxylic acids is 1. The van der Waals surface area contributed by atoms with Crippen molar-refractivity contribution >= 4 is 17.9 Å². The second kappa shape index (κ2) is 8.62. The molecule has 0 spiro atoms. The van der Waals surface area contributed by atoms with Crippen LogP contribution in [0.2, 0.25) is 0 Å². The van der Waals surface area contributed by atoms with Gasteiger partial charge in [-0.3, -0.25) is 9.98 Å². The van der Waals surface area contributed by atoms with E-state index in [4.69, 9.17) is 14.6 Å². The fourth-order valence-electron chi connectivity index (χ4n) is 2.36. The van der Waals surface area contributed by atoms with Crippen molar-refractivity contribution in [2.24, 2.45) is 4.99 Å². The summed E-state index contributed by atoms with van der Waals surface area (Å²) < 4.78 is 11.2. The van der Waals surface area contributed by atoms with Gasteiger partial charge in [0.25, 0.3) is 0 Å². The molecule has 6 nitrogen and oxygen atoms in total. The molecule has 1 aromatic heterocycles. The summed E-state index contributed by atoms with van der Waals surface area (Å²) in [6, 6.07) is 17.5. The van der Waals surface area contributed by atoms with Crippen LogP contribution in [-0.4, -0.2) is 29.4 Å². The second-order valence-corrected chi connectivity index (χ2v) is 5.63. The lowest BCUT2D eigenvalue weighted by atomic mass is 10.2. The minimum Gasteiger partial charge on any atom is -0.493 e. The summed E-state index contributed by atoms with van der Waals surface area (Å²) in [5.41, 5.74) is 2.55. The molecule has 136 valence electrons. The lowest BCUT2D eigenvalue weighted by Crippen LogP contribution is -1.99. The number of carboxylic acids is 1. The smallest absolute Gasteiger partial charge is 0.335 e. The van der Waals surface area contributed by atoms with Gasteiger partial charge in [-0.25, -0.2) is 4.79 Å². The summed E-state index contributed by atoms with van der Waals surface area (Å²) in [6.07, 6.45) is 3.40. The topological polar surface area (TPSA) is 81.0 Å². The monoisotopic (exact) mass is 362 g/mol. The molecule has 0 atom stereocenters. The summed E-state index contributed by atoms with van der Waals surface area (Å²) in [6.45, 7) is 0.348. The number of aromatic nitrogens is 1. The third kappa shape index (κ3) is 4.92. The van der Waals surface area contributed by atoms with Crippen molar-refractivity contribution in [1.29, 1.82) is 0 Å². The van der Waals surface area contributed by atoms with Crippen LogP contribution in [0.4, 0.5) is 5.69 Å². The molecule has 2 aromatic carbocycles. The average Bonchev–Trinajstić information content (AvgIpc) is 2.72. The van der Waals surface area contributed by atoms with Crippen LogP contribution in [0.25, 0.3) is 0 Å². The van der Waals surface area contributed by atoms with Crippen LogP contribution in [-0.2, 0) is 6.61 Å². The van der Waals surface area contributed by atoms with E-state index in [9.17, 15) is 4.79 Å². The highest BCUT2D eigenvalue weighted by Crippen LogP contribution is 2.28. The molecule has 0 fully saturated rings. The predicted octanol–water partition coefficient (Wildman–Crippen LogP) is 4.12. The Morgan fingerprint density at radius 2 is 1.93 bits per heavy atom. The highest BCUT2D eigenvalue weighted by atomic mass is 16.5. The zero-order valence-electron chi connectivity index (χ0n) is 14.7. The lowest BCUT2D eigenvalue weighted by molar-refractivity contribution is 0.0697. The molecule has 0 unspecified atom stereocenters. The molecule has 3 aromatic rings. The molecule has 1 heterocycles. The number of hydrogen-bond acceptors (Lipinski definition) is 5. The molecule has 0 bridgehead atoms. The Morgan fingerprint density at radius 3 is 2.59 bits per heavy atom. The van der Waals surface area contributed by atoms with Gasteiger partial charge in [-0.05, 0) is 60.2 Å². The van der Waals surface area contributed by atoms with Crippen molar-refractivity contribution in [2.75, 3.05) is 7.11 Å². The van der Waals surface area contributed by atoms with Crippen LogP contribution in [0.15, 0.2) is 71.9 Å². The summed E-state index contributed by atoms with van der Waals surface area (Å²) in [7, 11) is 1.58. The van der Waals surface area contributed by atoms with Crippen LogP contribution >= 0.6 is 0 Å². The third-order valence-electron chi connectivity index (χ3n) is 3.77. The van der Waals surface area contributed by atoms with Crippen LogP contribution in [0, 0.1) is 0 Å². The number of ether oxygens (including phenoxy) is 2. The molecule has 0 saturated carbocycles. The van der Waals surface area contributed by atoms with E-state index in [2.05, 4.69) is 9.98 Å². The molecule has 0 aliphatic heterocycles. The van der Waals surface area contributed by atoms with E-state index < -0.39 is 5.97 Å². The van der Waals surface area contributed by atoms with E-state index in [1.165, 1.54) is 12.1 Å². The minimum atomic E-state index is -0.962. The van der Waals surface area contributed by atoms with E-state index in [-0.39, 0.29) is 5.56 Å². The van der Waals surface area contributed by atoms with Crippen LogP contribution < -0.4 is 9.47 Å². The number of carboxylic acid groups (broad SMARTS) is 1. The van der Waals surface area contributed by atoms with Gasteiger partial charge in [0, 0.05) is 12.4 Å². The Kier molecular flexibility index (Phi) is 5.79. The van der Waals surface area contributed by atoms with Crippen LogP contribution in [0.3, 0.4) is 0 Å². The average molecular weight is 362 g/mol. The molecule has 0 amide bonds. The van der Waals surface area contributed by atoms with Crippen molar-refractivity contribution in [3.8, 4) is 11.5 Å². The number of aliphatic imine (C=N–C) groups is 1. The van der Waals surface area contributed by atoms with E-state index in [0.717, 1.165) is 11.3 Å². The molecule has 0 aliphatic rings. The van der Waals surface area contributed by atoms with Gasteiger partial charge in [-0.15, -0.1) is 0 Å². The van der Waals surface area contributed by atoms with Crippen molar-refractivity contribution in [2.45, 2.75) is 6.61 Å². The molecule has 6 heteroatoms. The summed E-state index contributed by atoms with van der Waals surface area (Å²) in [5, 5.41) is 8.92. The van der Waals surface area contributed by atoms with Crippen molar-refractivity contribution in [1.82, 2.24) is 4.98 Å². The Morgan fingerprint density at radius 1 is 1.11 bits per heavy atom. The highest BCUT2D eigenvalue weighted by molar-refractivity contribution is 5.88. The maximum atomic E-state index is 10.9. The molecular weight excluding hydrogens is 344 g/mol. The van der Waals surface area contributed by atoms with Gasteiger partial charge in [0.2, 0.25) is 0 Å². The first kappa shape index (κ1) is 18.1. The van der Waals surface area contributed by atoms with Gasteiger partial charge in [0.1, 0.15) is 6.61 Å². The number of rotatable bonds is 7. The quantitative estimate of drug-likeness (QED) is 0.640. The molecule has 0 radical (unpaired) electrons. The maximum absolute atomic E-state index is 10.9. The highest BCUT2D eigenvalue weighted by Gasteiger charge is 2.06. The first-order valence-electron chi connectivity index (χ1n) is 8.24. The Labute approximate surface area is 156 Å². The van der Waals surface area contributed by atoms with Crippen molar-refractivity contribution in [3.63, 3.8) is 0 Å². The van der Waals surface area contributed by atoms with Gasteiger partial charge in [-0.2, -0.15) is 0 Å². The fourth-order valence-corrected chi connectivity index (χ4v) is 2.36. The van der Waals surface area contributed by atoms with Crippen molar-refractivity contribution in [3.05, 3.63) is 83.7 Å². The van der Waals surface area contributed by atoms with Gasteiger partial charge in [0.15, 0.2) is 11.5 Å². The van der Waals surface area contributed by atoms with Gasteiger partial charge in [0.05, 0.1) is 24.1 Å². The lowest BCUT2D eigenvalue weighted by Gasteiger charge is -2.11. The molecule has 27 heavy (non-hydrogen) atoms. The first-order chi connectivity index (χ1) is 13.2. The first-order valence-corrected chi connectivity index (χ1v) is 8.24. The largest absolute Gasteiger partial charge is 0.493 e. The molecule has 3 rings (SSSR count). The van der Waals surface area contributed by atoms with Crippen LogP contribution in [0.1, 0.15) is 21.6 Å². The van der Waals surface area contributed by atoms with E-state index in [1.54, 1.807) is 31.7 Å². The molecule has 0 saturated heterocycles. The fraction of sp³-hybridized carbons (Fsp3) is 0.0952. The predicted molar refractivity (Wildman–Crippen MR) is 102 cm³/mol. The van der Waals surface area contributed by atoms with Crippen molar-refractivity contribution < 1.29 is 19.4 Å².